The van der Waals surface area contributed by atoms with Crippen molar-refractivity contribution in [3.8, 4) is 11.4 Å². The van der Waals surface area contributed by atoms with Crippen LogP contribution in [0.3, 0.4) is 0 Å². The molecule has 1 N–H and O–H groups in total. The normalized spacial score (nSPS) is 10.8. The summed E-state index contributed by atoms with van der Waals surface area (Å²) in [5.41, 5.74) is 5.93. The molecule has 0 unspecified atom stereocenters. The third kappa shape index (κ3) is 3.26. The van der Waals surface area contributed by atoms with E-state index >= 15 is 0 Å². The standard InChI is InChI=1S/C17H22BrN3/c1-6-14-15(18)17(19-7-2)21-16(20-14)13-9-11(4)10(3)8-12(13)5/h8-9H,6-7H2,1-5H3,(H,19,20,21). The molecule has 0 bridgehead atoms. The molecule has 0 saturated carbocycles. The van der Waals surface area contributed by atoms with Crippen molar-refractivity contribution in [3.63, 3.8) is 0 Å². The van der Waals surface area contributed by atoms with Crippen LogP contribution in [0.15, 0.2) is 16.6 Å². The van der Waals surface area contributed by atoms with Gasteiger partial charge in [0.05, 0.1) is 10.2 Å². The highest BCUT2D eigenvalue weighted by Gasteiger charge is 2.14. The average Bonchev–Trinajstić information content (AvgIpc) is 2.45. The molecule has 1 heterocycles. The number of anilines is 1. The van der Waals surface area contributed by atoms with Gasteiger partial charge in [-0.3, -0.25) is 0 Å². The van der Waals surface area contributed by atoms with Gasteiger partial charge >= 0.3 is 0 Å². The van der Waals surface area contributed by atoms with Gasteiger partial charge in [0.2, 0.25) is 0 Å². The number of nitrogens with one attached hydrogen (secondary N) is 1. The second-order valence-corrected chi connectivity index (χ2v) is 6.08. The number of aromatic nitrogens is 2. The van der Waals surface area contributed by atoms with E-state index in [0.29, 0.717) is 0 Å². The summed E-state index contributed by atoms with van der Waals surface area (Å²) in [6.07, 6.45) is 0.873. The van der Waals surface area contributed by atoms with Crippen molar-refractivity contribution in [2.45, 2.75) is 41.0 Å². The van der Waals surface area contributed by atoms with Crippen molar-refractivity contribution in [2.24, 2.45) is 0 Å². The molecule has 0 spiro atoms. The zero-order valence-electron chi connectivity index (χ0n) is 13.3. The predicted molar refractivity (Wildman–Crippen MR) is 92.9 cm³/mol. The van der Waals surface area contributed by atoms with Gasteiger partial charge in [0.15, 0.2) is 5.82 Å². The average molecular weight is 348 g/mol. The van der Waals surface area contributed by atoms with E-state index in [1.807, 2.05) is 0 Å². The minimum absolute atomic E-state index is 0.798. The highest BCUT2D eigenvalue weighted by atomic mass is 79.9. The van der Waals surface area contributed by atoms with Crippen LogP contribution in [-0.2, 0) is 6.42 Å². The van der Waals surface area contributed by atoms with Crippen molar-refractivity contribution in [1.82, 2.24) is 9.97 Å². The van der Waals surface area contributed by atoms with Crippen molar-refractivity contribution in [3.05, 3.63) is 39.0 Å². The molecule has 1 aromatic carbocycles. The molecule has 0 aliphatic heterocycles. The smallest absolute Gasteiger partial charge is 0.162 e. The van der Waals surface area contributed by atoms with Gasteiger partial charge in [0.1, 0.15) is 5.82 Å². The molecule has 21 heavy (non-hydrogen) atoms. The molecule has 2 rings (SSSR count). The van der Waals surface area contributed by atoms with Gasteiger partial charge in [-0.1, -0.05) is 13.0 Å². The van der Waals surface area contributed by atoms with Crippen molar-refractivity contribution < 1.29 is 0 Å². The Balaban J connectivity index is 2.63. The summed E-state index contributed by atoms with van der Waals surface area (Å²) in [5, 5.41) is 3.31. The molecule has 0 aliphatic carbocycles. The summed E-state index contributed by atoms with van der Waals surface area (Å²) in [6, 6.07) is 4.39. The van der Waals surface area contributed by atoms with Crippen LogP contribution in [0.2, 0.25) is 0 Å². The molecule has 4 heteroatoms. The minimum Gasteiger partial charge on any atom is -0.369 e. The molecule has 0 aliphatic rings. The van der Waals surface area contributed by atoms with E-state index in [9.17, 15) is 0 Å². The number of nitrogens with zero attached hydrogens (tertiary/aromatic N) is 2. The number of aryl methyl sites for hydroxylation is 4. The molecule has 0 amide bonds. The summed E-state index contributed by atoms with van der Waals surface area (Å²) in [6.45, 7) is 11.4. The number of rotatable bonds is 4. The Bertz CT molecular complexity index is 666. The third-order valence-electron chi connectivity index (χ3n) is 3.68. The van der Waals surface area contributed by atoms with Crippen LogP contribution in [0.25, 0.3) is 11.4 Å². The Morgan fingerprint density at radius 1 is 1.00 bits per heavy atom. The quantitative estimate of drug-likeness (QED) is 0.860. The lowest BCUT2D eigenvalue weighted by molar-refractivity contribution is 0.982. The second-order valence-electron chi connectivity index (χ2n) is 5.29. The van der Waals surface area contributed by atoms with Crippen LogP contribution in [0.1, 0.15) is 36.2 Å². The zero-order valence-corrected chi connectivity index (χ0v) is 14.9. The van der Waals surface area contributed by atoms with Gasteiger partial charge in [-0.15, -0.1) is 0 Å². The van der Waals surface area contributed by atoms with Crippen LogP contribution in [0.5, 0.6) is 0 Å². The monoisotopic (exact) mass is 347 g/mol. The Morgan fingerprint density at radius 2 is 1.67 bits per heavy atom. The number of benzene rings is 1. The largest absolute Gasteiger partial charge is 0.369 e. The van der Waals surface area contributed by atoms with Gasteiger partial charge in [0.25, 0.3) is 0 Å². The summed E-state index contributed by atoms with van der Waals surface area (Å²) >= 11 is 3.61. The first-order chi connectivity index (χ1) is 9.97. The molecular weight excluding hydrogens is 326 g/mol. The summed E-state index contributed by atoms with van der Waals surface area (Å²) in [4.78, 5) is 9.44. The maximum Gasteiger partial charge on any atom is 0.162 e. The summed E-state index contributed by atoms with van der Waals surface area (Å²) in [5.74, 6) is 1.67. The molecule has 112 valence electrons. The fourth-order valence-corrected chi connectivity index (χ4v) is 2.93. The fraction of sp³-hybridized carbons (Fsp3) is 0.412. The number of halogens is 1. The van der Waals surface area contributed by atoms with Crippen molar-refractivity contribution in [2.75, 3.05) is 11.9 Å². The summed E-state index contributed by atoms with van der Waals surface area (Å²) in [7, 11) is 0. The van der Waals surface area contributed by atoms with Crippen LogP contribution in [-0.4, -0.2) is 16.5 Å². The predicted octanol–water partition coefficient (Wildman–Crippen LogP) is 4.83. The molecule has 2 aromatic rings. The van der Waals surface area contributed by atoms with E-state index in [1.54, 1.807) is 0 Å². The second kappa shape index (κ2) is 6.56. The van der Waals surface area contributed by atoms with Gasteiger partial charge in [0, 0.05) is 12.1 Å². The van der Waals surface area contributed by atoms with Crippen molar-refractivity contribution in [1.29, 1.82) is 0 Å². The third-order valence-corrected chi connectivity index (χ3v) is 4.51. The van der Waals surface area contributed by atoms with Gasteiger partial charge in [-0.05, 0) is 72.8 Å². The van der Waals surface area contributed by atoms with Crippen molar-refractivity contribution >= 4 is 21.7 Å². The Labute approximate surface area is 135 Å². The lowest BCUT2D eigenvalue weighted by Crippen LogP contribution is -2.06. The molecule has 0 atom stereocenters. The van der Waals surface area contributed by atoms with E-state index in [0.717, 1.165) is 40.3 Å². The number of hydrogen-bond acceptors (Lipinski definition) is 3. The SMILES string of the molecule is CCNc1nc(-c2cc(C)c(C)cc2C)nc(CC)c1Br. The molecular formula is C17H22BrN3. The lowest BCUT2D eigenvalue weighted by atomic mass is 10.0. The summed E-state index contributed by atoms with van der Waals surface area (Å²) < 4.78 is 0.970. The molecule has 1 aromatic heterocycles. The van der Waals surface area contributed by atoms with E-state index < -0.39 is 0 Å². The van der Waals surface area contributed by atoms with E-state index in [4.69, 9.17) is 9.97 Å². The van der Waals surface area contributed by atoms with Crippen LogP contribution in [0.4, 0.5) is 5.82 Å². The topological polar surface area (TPSA) is 37.8 Å². The highest BCUT2D eigenvalue weighted by molar-refractivity contribution is 9.10. The van der Waals surface area contributed by atoms with E-state index in [2.05, 4.69) is 68.0 Å². The van der Waals surface area contributed by atoms with E-state index in [1.165, 1.54) is 16.7 Å². The van der Waals surface area contributed by atoms with Gasteiger partial charge in [-0.25, -0.2) is 9.97 Å². The highest BCUT2D eigenvalue weighted by Crippen LogP contribution is 2.30. The first kappa shape index (κ1) is 16.0. The van der Waals surface area contributed by atoms with Crippen LogP contribution < -0.4 is 5.32 Å². The van der Waals surface area contributed by atoms with Crippen LogP contribution in [0, 0.1) is 20.8 Å². The zero-order chi connectivity index (χ0) is 15.6. The molecule has 0 fully saturated rings. The first-order valence-corrected chi connectivity index (χ1v) is 8.15. The Morgan fingerprint density at radius 3 is 2.29 bits per heavy atom. The van der Waals surface area contributed by atoms with Gasteiger partial charge < -0.3 is 5.32 Å². The number of hydrogen-bond donors (Lipinski definition) is 1. The van der Waals surface area contributed by atoms with Gasteiger partial charge in [-0.2, -0.15) is 0 Å². The maximum atomic E-state index is 4.74. The van der Waals surface area contributed by atoms with E-state index in [-0.39, 0.29) is 0 Å². The Hall–Kier alpha value is -1.42. The first-order valence-electron chi connectivity index (χ1n) is 7.36. The minimum atomic E-state index is 0.798. The Kier molecular flexibility index (Phi) is 4.99. The molecule has 3 nitrogen and oxygen atoms in total. The fourth-order valence-electron chi connectivity index (χ4n) is 2.33. The maximum absolute atomic E-state index is 4.74. The molecule has 0 radical (unpaired) electrons. The van der Waals surface area contributed by atoms with Crippen LogP contribution >= 0.6 is 15.9 Å². The lowest BCUT2D eigenvalue weighted by Gasteiger charge is -2.14. The molecule has 0 saturated heterocycles.